The van der Waals surface area contributed by atoms with Gasteiger partial charge in [0.15, 0.2) is 5.82 Å². The standard InChI is InChI=1S/C24H25N5O2/c1-15(2)24(31)28(3)18-10-11-29(14-18)23-22(16-8-9-21(30)17(12-16)13-25)26-19-6-4-5-7-20(19)27-23/h4-9,12,15,18,30H,10-11,14H2,1-3H3/t18-/m0/s1. The van der Waals surface area contributed by atoms with Crippen LogP contribution < -0.4 is 4.90 Å². The molecule has 3 aromatic rings. The van der Waals surface area contributed by atoms with Crippen LogP contribution in [-0.2, 0) is 4.79 Å². The number of nitrogens with zero attached hydrogens (tertiary/aromatic N) is 5. The third-order valence-corrected chi connectivity index (χ3v) is 5.79. The van der Waals surface area contributed by atoms with Crippen LogP contribution in [0, 0.1) is 17.2 Å². The monoisotopic (exact) mass is 415 g/mol. The van der Waals surface area contributed by atoms with Crippen molar-refractivity contribution in [1.29, 1.82) is 5.26 Å². The Bertz CT molecular complexity index is 1180. The van der Waals surface area contributed by atoms with Gasteiger partial charge in [-0.2, -0.15) is 5.26 Å². The van der Waals surface area contributed by atoms with Crippen molar-refractivity contribution in [2.45, 2.75) is 26.3 Å². The Morgan fingerprint density at radius 3 is 2.61 bits per heavy atom. The quantitative estimate of drug-likeness (QED) is 0.700. The number of nitriles is 1. The highest BCUT2D eigenvalue weighted by molar-refractivity contribution is 5.84. The van der Waals surface area contributed by atoms with Gasteiger partial charge in [0.1, 0.15) is 17.5 Å². The smallest absolute Gasteiger partial charge is 0.225 e. The molecule has 31 heavy (non-hydrogen) atoms. The van der Waals surface area contributed by atoms with Gasteiger partial charge in [0.05, 0.1) is 22.6 Å². The maximum Gasteiger partial charge on any atom is 0.225 e. The Labute approximate surface area is 181 Å². The molecule has 0 saturated carbocycles. The molecular weight excluding hydrogens is 390 g/mol. The van der Waals surface area contributed by atoms with Crippen LogP contribution in [-0.4, -0.2) is 52.1 Å². The third-order valence-electron chi connectivity index (χ3n) is 5.79. The molecule has 2 aromatic carbocycles. The fourth-order valence-corrected chi connectivity index (χ4v) is 4.02. The van der Waals surface area contributed by atoms with E-state index >= 15 is 0 Å². The van der Waals surface area contributed by atoms with E-state index < -0.39 is 0 Å². The number of anilines is 1. The molecule has 2 heterocycles. The summed E-state index contributed by atoms with van der Waals surface area (Å²) in [6.45, 7) is 5.24. The van der Waals surface area contributed by atoms with Crippen LogP contribution in [0.15, 0.2) is 42.5 Å². The minimum atomic E-state index is -0.0587. The number of hydrogen-bond donors (Lipinski definition) is 1. The zero-order valence-corrected chi connectivity index (χ0v) is 17.9. The largest absolute Gasteiger partial charge is 0.507 e. The van der Waals surface area contributed by atoms with Crippen molar-refractivity contribution in [2.75, 3.05) is 25.0 Å². The van der Waals surface area contributed by atoms with Crippen LogP contribution in [0.3, 0.4) is 0 Å². The first kappa shape index (κ1) is 20.6. The third kappa shape index (κ3) is 3.89. The number of aromatic hydroxyl groups is 1. The normalized spacial score (nSPS) is 16.0. The number of rotatable bonds is 4. The van der Waals surface area contributed by atoms with Gasteiger partial charge < -0.3 is 14.9 Å². The van der Waals surface area contributed by atoms with E-state index in [-0.39, 0.29) is 29.2 Å². The fourth-order valence-electron chi connectivity index (χ4n) is 4.02. The van der Waals surface area contributed by atoms with Crippen molar-refractivity contribution >= 4 is 22.8 Å². The number of phenols is 1. The number of benzene rings is 2. The summed E-state index contributed by atoms with van der Waals surface area (Å²) in [4.78, 5) is 26.2. The molecule has 0 radical (unpaired) electrons. The van der Waals surface area contributed by atoms with Gasteiger partial charge in [0.25, 0.3) is 0 Å². The first-order chi connectivity index (χ1) is 14.9. The highest BCUT2D eigenvalue weighted by Gasteiger charge is 2.31. The second-order valence-electron chi connectivity index (χ2n) is 8.22. The number of aromatic nitrogens is 2. The molecule has 1 aliphatic rings. The maximum atomic E-state index is 12.5. The second-order valence-corrected chi connectivity index (χ2v) is 8.22. The number of likely N-dealkylation sites (N-methyl/N-ethyl adjacent to an activating group) is 1. The topological polar surface area (TPSA) is 93.3 Å². The van der Waals surface area contributed by atoms with E-state index in [1.807, 2.05) is 56.1 Å². The maximum absolute atomic E-state index is 12.5. The van der Waals surface area contributed by atoms with E-state index in [0.29, 0.717) is 12.2 Å². The molecule has 7 nitrogen and oxygen atoms in total. The summed E-state index contributed by atoms with van der Waals surface area (Å²) >= 11 is 0. The lowest BCUT2D eigenvalue weighted by Gasteiger charge is -2.27. The molecular formula is C24H25N5O2. The molecule has 0 unspecified atom stereocenters. The summed E-state index contributed by atoms with van der Waals surface area (Å²) in [5, 5.41) is 19.3. The van der Waals surface area contributed by atoms with Gasteiger partial charge in [0.2, 0.25) is 5.91 Å². The lowest BCUT2D eigenvalue weighted by molar-refractivity contribution is -0.134. The summed E-state index contributed by atoms with van der Waals surface area (Å²) in [7, 11) is 1.86. The van der Waals surface area contributed by atoms with Crippen molar-refractivity contribution in [1.82, 2.24) is 14.9 Å². The second kappa shape index (κ2) is 8.23. The number of amides is 1. The number of carbonyl (C=O) groups excluding carboxylic acids is 1. The highest BCUT2D eigenvalue weighted by atomic mass is 16.3. The predicted octanol–water partition coefficient (Wildman–Crippen LogP) is 3.57. The fraction of sp³-hybridized carbons (Fsp3) is 0.333. The minimum Gasteiger partial charge on any atom is -0.507 e. The molecule has 7 heteroatoms. The first-order valence-corrected chi connectivity index (χ1v) is 10.4. The van der Waals surface area contributed by atoms with Gasteiger partial charge in [-0.25, -0.2) is 9.97 Å². The highest BCUT2D eigenvalue weighted by Crippen LogP contribution is 2.34. The Kier molecular flexibility index (Phi) is 5.47. The molecule has 1 saturated heterocycles. The van der Waals surface area contributed by atoms with Crippen molar-refractivity contribution in [3.63, 3.8) is 0 Å². The van der Waals surface area contributed by atoms with Crippen LogP contribution in [0.1, 0.15) is 25.8 Å². The van der Waals surface area contributed by atoms with Gasteiger partial charge in [-0.05, 0) is 36.8 Å². The van der Waals surface area contributed by atoms with Crippen molar-refractivity contribution in [3.05, 3.63) is 48.0 Å². The average molecular weight is 415 g/mol. The van der Waals surface area contributed by atoms with Crippen molar-refractivity contribution in [3.8, 4) is 23.1 Å². The summed E-state index contributed by atoms with van der Waals surface area (Å²) in [5.41, 5.74) is 3.12. The Hall–Kier alpha value is -3.66. The summed E-state index contributed by atoms with van der Waals surface area (Å²) < 4.78 is 0. The average Bonchev–Trinajstić information content (AvgIpc) is 3.27. The molecule has 1 aromatic heterocycles. The van der Waals surface area contributed by atoms with Gasteiger partial charge in [-0.15, -0.1) is 0 Å². The Morgan fingerprint density at radius 1 is 1.23 bits per heavy atom. The van der Waals surface area contributed by atoms with Crippen LogP contribution in [0.4, 0.5) is 5.82 Å². The molecule has 0 spiro atoms. The molecule has 1 N–H and O–H groups in total. The van der Waals surface area contributed by atoms with Crippen LogP contribution in [0.2, 0.25) is 0 Å². The van der Waals surface area contributed by atoms with E-state index in [0.717, 1.165) is 35.4 Å². The molecule has 1 fully saturated rings. The minimum absolute atomic E-state index is 0.0449. The van der Waals surface area contributed by atoms with Crippen LogP contribution in [0.25, 0.3) is 22.3 Å². The van der Waals surface area contributed by atoms with E-state index in [1.165, 1.54) is 6.07 Å². The molecule has 0 aliphatic carbocycles. The number of carbonyl (C=O) groups is 1. The van der Waals surface area contributed by atoms with E-state index in [2.05, 4.69) is 4.90 Å². The number of hydrogen-bond acceptors (Lipinski definition) is 6. The lowest BCUT2D eigenvalue weighted by Crippen LogP contribution is -2.41. The van der Waals surface area contributed by atoms with Gasteiger partial charge >= 0.3 is 0 Å². The zero-order chi connectivity index (χ0) is 22.1. The SMILES string of the molecule is CC(C)C(=O)N(C)[C@H]1CCN(c2nc3ccccc3nc2-c2ccc(O)c(C#N)c2)C1. The van der Waals surface area contributed by atoms with Gasteiger partial charge in [-0.1, -0.05) is 26.0 Å². The Balaban J connectivity index is 1.76. The zero-order valence-electron chi connectivity index (χ0n) is 17.9. The molecule has 1 atom stereocenters. The van der Waals surface area contributed by atoms with Crippen LogP contribution >= 0.6 is 0 Å². The first-order valence-electron chi connectivity index (χ1n) is 10.4. The van der Waals surface area contributed by atoms with Gasteiger partial charge in [-0.3, -0.25) is 4.79 Å². The molecule has 158 valence electrons. The number of para-hydroxylation sites is 2. The molecule has 1 aliphatic heterocycles. The summed E-state index contributed by atoms with van der Waals surface area (Å²) in [6.07, 6.45) is 0.849. The molecule has 0 bridgehead atoms. The van der Waals surface area contributed by atoms with E-state index in [9.17, 15) is 15.2 Å². The van der Waals surface area contributed by atoms with E-state index in [1.54, 1.807) is 12.1 Å². The Morgan fingerprint density at radius 2 is 1.94 bits per heavy atom. The summed E-state index contributed by atoms with van der Waals surface area (Å²) in [6, 6.07) is 14.7. The van der Waals surface area contributed by atoms with Gasteiger partial charge in [0, 0.05) is 31.6 Å². The van der Waals surface area contributed by atoms with Crippen molar-refractivity contribution < 1.29 is 9.90 Å². The number of fused-ring (bicyclic) bond motifs is 1. The summed E-state index contributed by atoms with van der Waals surface area (Å²) in [5.74, 6) is 0.753. The molecule has 4 rings (SSSR count). The van der Waals surface area contributed by atoms with E-state index in [4.69, 9.17) is 9.97 Å². The number of phenolic OH excluding ortho intramolecular Hbond substituents is 1. The lowest BCUT2D eigenvalue weighted by atomic mass is 10.1. The molecule has 1 amide bonds. The van der Waals surface area contributed by atoms with Crippen molar-refractivity contribution in [2.24, 2.45) is 5.92 Å². The van der Waals surface area contributed by atoms with Crippen LogP contribution in [0.5, 0.6) is 5.75 Å². The predicted molar refractivity (Wildman–Crippen MR) is 120 cm³/mol.